The molecule has 2 aliphatic carbocycles. The third-order valence-electron chi connectivity index (χ3n) is 6.49. The maximum absolute atomic E-state index is 13.1. The van der Waals surface area contributed by atoms with E-state index >= 15 is 0 Å². The number of anilines is 2. The van der Waals surface area contributed by atoms with Gasteiger partial charge in [-0.25, -0.2) is 23.1 Å². The molecule has 31 heavy (non-hydrogen) atoms. The van der Waals surface area contributed by atoms with Crippen LogP contribution in [0.1, 0.15) is 24.7 Å². The number of allylic oxidation sites excluding steroid dienone is 2. The van der Waals surface area contributed by atoms with Crippen LogP contribution in [0, 0.1) is 37.5 Å². The quantitative estimate of drug-likeness (QED) is 0.580. The molecule has 3 aliphatic rings. The van der Waals surface area contributed by atoms with Crippen molar-refractivity contribution in [3.63, 3.8) is 0 Å². The minimum atomic E-state index is -3.92. The van der Waals surface area contributed by atoms with Gasteiger partial charge >= 0.3 is 0 Å². The van der Waals surface area contributed by atoms with Crippen molar-refractivity contribution in [1.29, 1.82) is 0 Å². The Morgan fingerprint density at radius 3 is 2.23 bits per heavy atom. The Morgan fingerprint density at radius 1 is 0.968 bits per heavy atom. The lowest BCUT2D eigenvalue weighted by molar-refractivity contribution is -0.123. The van der Waals surface area contributed by atoms with E-state index < -0.39 is 10.0 Å². The van der Waals surface area contributed by atoms with Gasteiger partial charge in [-0.3, -0.25) is 14.5 Å². The number of carbonyl (C=O) groups is 2. The summed E-state index contributed by atoms with van der Waals surface area (Å²) < 4.78 is 27.8. The summed E-state index contributed by atoms with van der Waals surface area (Å²) in [5.41, 5.74) is 2.88. The van der Waals surface area contributed by atoms with E-state index in [1.165, 1.54) is 34.7 Å². The maximum atomic E-state index is 13.1. The molecule has 2 aromatic rings. The first-order valence-electron chi connectivity index (χ1n) is 10.2. The molecule has 1 aromatic heterocycles. The highest BCUT2D eigenvalue weighted by Gasteiger charge is 2.60. The fraction of sp³-hybridized carbons (Fsp3) is 0.364. The first-order chi connectivity index (χ1) is 14.7. The van der Waals surface area contributed by atoms with Gasteiger partial charge in [0.15, 0.2) is 0 Å². The maximum Gasteiger partial charge on any atom is 0.264 e. The van der Waals surface area contributed by atoms with Crippen molar-refractivity contribution in [2.75, 3.05) is 9.62 Å². The van der Waals surface area contributed by atoms with Crippen molar-refractivity contribution >= 4 is 33.5 Å². The summed E-state index contributed by atoms with van der Waals surface area (Å²) in [6, 6.07) is 7.50. The number of benzene rings is 1. The van der Waals surface area contributed by atoms with E-state index in [2.05, 4.69) is 20.8 Å². The van der Waals surface area contributed by atoms with Crippen molar-refractivity contribution in [2.45, 2.75) is 32.1 Å². The number of amides is 2. The lowest BCUT2D eigenvalue weighted by Crippen LogP contribution is -2.33. The molecule has 4 atom stereocenters. The zero-order valence-electron chi connectivity index (χ0n) is 17.4. The monoisotopic (exact) mass is 438 g/mol. The normalized spacial score (nSPS) is 26.9. The molecule has 160 valence electrons. The van der Waals surface area contributed by atoms with Crippen LogP contribution >= 0.6 is 0 Å². The van der Waals surface area contributed by atoms with Gasteiger partial charge in [0.1, 0.15) is 0 Å². The van der Waals surface area contributed by atoms with Gasteiger partial charge in [-0.15, -0.1) is 0 Å². The second kappa shape index (κ2) is 6.71. The number of hydrogen-bond acceptors (Lipinski definition) is 6. The number of carbonyl (C=O) groups excluding carboxylic acids is 2. The summed E-state index contributed by atoms with van der Waals surface area (Å²) in [5.74, 6) is -0.716. The van der Waals surface area contributed by atoms with Gasteiger partial charge in [-0.2, -0.15) is 0 Å². The number of aromatic nitrogens is 2. The molecule has 1 N–H and O–H groups in total. The predicted molar refractivity (Wildman–Crippen MR) is 114 cm³/mol. The Bertz CT molecular complexity index is 1230. The molecule has 0 radical (unpaired) electrons. The van der Waals surface area contributed by atoms with Crippen molar-refractivity contribution in [3.8, 4) is 0 Å². The van der Waals surface area contributed by atoms with E-state index in [1.807, 2.05) is 6.92 Å². The first-order valence-corrected chi connectivity index (χ1v) is 11.7. The van der Waals surface area contributed by atoms with Gasteiger partial charge in [0.2, 0.25) is 17.8 Å². The Labute approximate surface area is 180 Å². The second-order valence-electron chi connectivity index (χ2n) is 8.55. The van der Waals surface area contributed by atoms with Crippen molar-refractivity contribution in [2.24, 2.45) is 23.7 Å². The van der Waals surface area contributed by atoms with Crippen LogP contribution in [0.3, 0.4) is 0 Å². The minimum absolute atomic E-state index is 0.00218. The van der Waals surface area contributed by atoms with Crippen LogP contribution in [0.5, 0.6) is 0 Å². The molecular weight excluding hydrogens is 416 g/mol. The van der Waals surface area contributed by atoms with Gasteiger partial charge in [-0.1, -0.05) is 11.6 Å². The van der Waals surface area contributed by atoms with Crippen LogP contribution in [0.25, 0.3) is 0 Å². The average Bonchev–Trinajstić information content (AvgIpc) is 3.31. The standard InChI is InChI=1S/C22H22N4O4S/c1-11-8-14-10-17(11)19-18(14)20(27)26(21(19)28)15-4-6-16(7-5-15)31(29,30)25-22-23-12(2)9-13(3)24-22/h4-9,14,17-19H,10H2,1-3H3,(H,23,24,25)/t14-,17+,18+,19+/m0/s1. The molecule has 2 amide bonds. The average molecular weight is 439 g/mol. The number of hydrogen-bond donors (Lipinski definition) is 1. The van der Waals surface area contributed by atoms with Gasteiger partial charge in [0.25, 0.3) is 10.0 Å². The van der Waals surface area contributed by atoms with Crippen LogP contribution in [-0.4, -0.2) is 30.2 Å². The fourth-order valence-corrected chi connectivity index (χ4v) is 6.20. The molecule has 1 saturated carbocycles. The van der Waals surface area contributed by atoms with Crippen LogP contribution in [0.4, 0.5) is 11.6 Å². The smallest absolute Gasteiger partial charge is 0.264 e. The number of fused-ring (bicyclic) bond motifs is 5. The number of imide groups is 1. The Hall–Kier alpha value is -3.07. The molecule has 8 nitrogen and oxygen atoms in total. The van der Waals surface area contributed by atoms with Crippen LogP contribution < -0.4 is 9.62 Å². The molecule has 5 rings (SSSR count). The van der Waals surface area contributed by atoms with E-state index in [0.717, 1.165) is 6.42 Å². The summed E-state index contributed by atoms with van der Waals surface area (Å²) in [7, 11) is -3.92. The number of nitrogens with one attached hydrogen (secondary N) is 1. The van der Waals surface area contributed by atoms with E-state index in [-0.39, 0.29) is 46.3 Å². The molecule has 1 aromatic carbocycles. The molecule has 2 fully saturated rings. The van der Waals surface area contributed by atoms with Gasteiger partial charge in [-0.05, 0) is 69.4 Å². The van der Waals surface area contributed by atoms with Crippen molar-refractivity contribution < 1.29 is 18.0 Å². The van der Waals surface area contributed by atoms with Crippen LogP contribution in [0.15, 0.2) is 46.9 Å². The second-order valence-corrected chi connectivity index (χ2v) is 10.2. The molecule has 0 spiro atoms. The fourth-order valence-electron chi connectivity index (χ4n) is 5.25. The molecule has 0 unspecified atom stereocenters. The van der Waals surface area contributed by atoms with Crippen LogP contribution in [-0.2, 0) is 19.6 Å². The molecule has 2 bridgehead atoms. The zero-order valence-corrected chi connectivity index (χ0v) is 18.2. The third-order valence-corrected chi connectivity index (χ3v) is 7.84. The molecule has 1 saturated heterocycles. The lowest BCUT2D eigenvalue weighted by Gasteiger charge is -2.19. The Balaban J connectivity index is 1.39. The minimum Gasteiger partial charge on any atom is -0.274 e. The topological polar surface area (TPSA) is 109 Å². The number of rotatable bonds is 4. The summed E-state index contributed by atoms with van der Waals surface area (Å²) in [5, 5.41) is 0. The highest BCUT2D eigenvalue weighted by atomic mass is 32.2. The number of nitrogens with zero attached hydrogens (tertiary/aromatic N) is 3. The zero-order chi connectivity index (χ0) is 22.1. The molecule has 9 heteroatoms. The molecule has 2 heterocycles. The predicted octanol–water partition coefficient (Wildman–Crippen LogP) is 2.60. The third kappa shape index (κ3) is 3.06. The Kier molecular flexibility index (Phi) is 4.30. The Morgan fingerprint density at radius 2 is 1.58 bits per heavy atom. The van der Waals surface area contributed by atoms with Gasteiger partial charge in [0, 0.05) is 11.4 Å². The highest BCUT2D eigenvalue weighted by Crippen LogP contribution is 2.55. The summed E-state index contributed by atoms with van der Waals surface area (Å²) in [6.45, 7) is 5.53. The van der Waals surface area contributed by atoms with Crippen molar-refractivity contribution in [1.82, 2.24) is 9.97 Å². The van der Waals surface area contributed by atoms with E-state index in [1.54, 1.807) is 19.9 Å². The molecular formula is C22H22N4O4S. The van der Waals surface area contributed by atoms with Gasteiger partial charge < -0.3 is 0 Å². The van der Waals surface area contributed by atoms with Crippen molar-refractivity contribution in [3.05, 3.63) is 53.4 Å². The van der Waals surface area contributed by atoms with E-state index in [4.69, 9.17) is 0 Å². The first kappa shape index (κ1) is 19.9. The summed E-state index contributed by atoms with van der Waals surface area (Å²) >= 11 is 0. The number of sulfonamides is 1. The largest absolute Gasteiger partial charge is 0.274 e. The molecule has 1 aliphatic heterocycles. The highest BCUT2D eigenvalue weighted by molar-refractivity contribution is 7.92. The number of aryl methyl sites for hydroxylation is 2. The van der Waals surface area contributed by atoms with Gasteiger partial charge in [0.05, 0.1) is 22.4 Å². The van der Waals surface area contributed by atoms with E-state index in [0.29, 0.717) is 17.1 Å². The lowest BCUT2D eigenvalue weighted by atomic mass is 9.82. The summed E-state index contributed by atoms with van der Waals surface area (Å²) in [4.78, 5) is 35.5. The summed E-state index contributed by atoms with van der Waals surface area (Å²) in [6.07, 6.45) is 2.99. The SMILES string of the molecule is CC1=C[C@H]2C[C@H]1[C@H]1C(=O)N(c3ccc(S(=O)(=O)Nc4nc(C)cc(C)n4)cc3)C(=O)[C@@H]12. The van der Waals surface area contributed by atoms with E-state index in [9.17, 15) is 18.0 Å². The van der Waals surface area contributed by atoms with Crippen LogP contribution in [0.2, 0.25) is 0 Å².